The number of guanidine groups is 1. The zero-order valence-electron chi connectivity index (χ0n) is 18.0. The van der Waals surface area contributed by atoms with Crippen LogP contribution in [0.15, 0.2) is 29.3 Å². The number of rotatable bonds is 9. The van der Waals surface area contributed by atoms with Gasteiger partial charge in [0.15, 0.2) is 5.96 Å². The summed E-state index contributed by atoms with van der Waals surface area (Å²) >= 11 is 0. The van der Waals surface area contributed by atoms with Gasteiger partial charge in [-0.2, -0.15) is 0 Å². The molecule has 1 saturated heterocycles. The highest BCUT2D eigenvalue weighted by Crippen LogP contribution is 2.43. The summed E-state index contributed by atoms with van der Waals surface area (Å²) in [6.07, 6.45) is 7.66. The van der Waals surface area contributed by atoms with Crippen molar-refractivity contribution in [1.29, 1.82) is 0 Å². The average molecular weight is 387 g/mol. The number of likely N-dealkylation sites (tertiary alicyclic amines) is 1. The Kier molecular flexibility index (Phi) is 7.74. The maximum absolute atomic E-state index is 5.32. The van der Waals surface area contributed by atoms with Crippen LogP contribution in [0.25, 0.3) is 0 Å². The SMILES string of the molecule is CN=C(NCC(c1ccc(C)cc1)N1CCCC1)NCC1(CCOC)CCC1. The molecule has 0 amide bonds. The molecule has 1 unspecified atom stereocenters. The van der Waals surface area contributed by atoms with Crippen molar-refractivity contribution in [3.05, 3.63) is 35.4 Å². The lowest BCUT2D eigenvalue weighted by Crippen LogP contribution is -2.48. The van der Waals surface area contributed by atoms with Crippen molar-refractivity contribution in [1.82, 2.24) is 15.5 Å². The van der Waals surface area contributed by atoms with Gasteiger partial charge in [0.25, 0.3) is 0 Å². The standard InChI is InChI=1S/C23H38N4O/c1-19-7-9-20(10-8-19)21(27-14-4-5-15-27)17-25-22(24-2)26-18-23(11-6-12-23)13-16-28-3/h7-10,21H,4-6,11-18H2,1-3H3,(H2,24,25,26). The molecule has 1 aromatic carbocycles. The van der Waals surface area contributed by atoms with Gasteiger partial charge in [0.2, 0.25) is 0 Å². The van der Waals surface area contributed by atoms with E-state index in [1.54, 1.807) is 7.11 Å². The molecule has 156 valence electrons. The number of ether oxygens (including phenoxy) is 1. The zero-order valence-corrected chi connectivity index (χ0v) is 18.0. The van der Waals surface area contributed by atoms with Crippen LogP contribution in [0, 0.1) is 12.3 Å². The second-order valence-electron chi connectivity index (χ2n) is 8.57. The molecule has 3 rings (SSSR count). The Bertz CT molecular complexity index is 618. The van der Waals surface area contributed by atoms with Gasteiger partial charge in [0, 0.05) is 33.9 Å². The van der Waals surface area contributed by atoms with Gasteiger partial charge in [0.1, 0.15) is 0 Å². The summed E-state index contributed by atoms with van der Waals surface area (Å²) in [5.74, 6) is 0.917. The molecule has 1 aromatic rings. The number of aryl methyl sites for hydroxylation is 1. The van der Waals surface area contributed by atoms with Crippen molar-refractivity contribution in [2.75, 3.05) is 46.9 Å². The van der Waals surface area contributed by atoms with E-state index in [2.05, 4.69) is 51.7 Å². The van der Waals surface area contributed by atoms with E-state index in [1.165, 1.54) is 56.3 Å². The lowest BCUT2D eigenvalue weighted by molar-refractivity contribution is 0.0732. The first kappa shape index (κ1) is 21.1. The first-order valence-electron chi connectivity index (χ1n) is 10.9. The van der Waals surface area contributed by atoms with E-state index in [0.29, 0.717) is 11.5 Å². The van der Waals surface area contributed by atoms with Gasteiger partial charge in [-0.15, -0.1) is 0 Å². The van der Waals surface area contributed by atoms with Gasteiger partial charge < -0.3 is 15.4 Å². The molecule has 0 aromatic heterocycles. The molecule has 1 heterocycles. The van der Waals surface area contributed by atoms with Crippen LogP contribution in [0.4, 0.5) is 0 Å². The number of nitrogens with one attached hydrogen (secondary N) is 2. The van der Waals surface area contributed by atoms with E-state index in [1.807, 2.05) is 7.05 Å². The second-order valence-corrected chi connectivity index (χ2v) is 8.57. The van der Waals surface area contributed by atoms with Crippen molar-refractivity contribution >= 4 is 5.96 Å². The number of methoxy groups -OCH3 is 1. The minimum absolute atomic E-state index is 0.388. The molecule has 1 aliphatic heterocycles. The third-order valence-corrected chi connectivity index (χ3v) is 6.61. The summed E-state index contributed by atoms with van der Waals surface area (Å²) in [5.41, 5.74) is 3.10. The van der Waals surface area contributed by atoms with E-state index >= 15 is 0 Å². The molecule has 28 heavy (non-hydrogen) atoms. The Labute approximate surface area is 170 Å². The number of hydrogen-bond acceptors (Lipinski definition) is 3. The number of benzene rings is 1. The fourth-order valence-electron chi connectivity index (χ4n) is 4.50. The van der Waals surface area contributed by atoms with Crippen molar-refractivity contribution < 1.29 is 4.74 Å². The van der Waals surface area contributed by atoms with Crippen LogP contribution in [0.2, 0.25) is 0 Å². The quantitative estimate of drug-likeness (QED) is 0.504. The molecular weight excluding hydrogens is 348 g/mol. The molecule has 5 nitrogen and oxygen atoms in total. The van der Waals surface area contributed by atoms with E-state index in [0.717, 1.165) is 32.1 Å². The van der Waals surface area contributed by atoms with Crippen LogP contribution in [0.1, 0.15) is 55.7 Å². The highest BCUT2D eigenvalue weighted by Gasteiger charge is 2.36. The van der Waals surface area contributed by atoms with Crippen molar-refractivity contribution in [2.45, 2.75) is 51.5 Å². The van der Waals surface area contributed by atoms with Crippen LogP contribution in [-0.2, 0) is 4.74 Å². The average Bonchev–Trinajstić information content (AvgIpc) is 3.21. The Morgan fingerprint density at radius 1 is 1.14 bits per heavy atom. The number of nitrogens with zero attached hydrogens (tertiary/aromatic N) is 2. The predicted molar refractivity (Wildman–Crippen MR) is 117 cm³/mol. The largest absolute Gasteiger partial charge is 0.385 e. The van der Waals surface area contributed by atoms with E-state index in [-0.39, 0.29) is 0 Å². The summed E-state index contributed by atoms with van der Waals surface area (Å²) in [5, 5.41) is 7.19. The highest BCUT2D eigenvalue weighted by atomic mass is 16.5. The summed E-state index contributed by atoms with van der Waals surface area (Å²) < 4.78 is 5.32. The number of hydrogen-bond donors (Lipinski definition) is 2. The normalized spacial score (nSPS) is 20.6. The Morgan fingerprint density at radius 2 is 1.86 bits per heavy atom. The summed E-state index contributed by atoms with van der Waals surface area (Å²) in [6, 6.07) is 9.41. The van der Waals surface area contributed by atoms with Gasteiger partial charge in [0.05, 0.1) is 6.04 Å². The van der Waals surface area contributed by atoms with Crippen LogP contribution in [0.5, 0.6) is 0 Å². The molecule has 1 saturated carbocycles. The maximum Gasteiger partial charge on any atom is 0.191 e. The van der Waals surface area contributed by atoms with Crippen LogP contribution in [0.3, 0.4) is 0 Å². The lowest BCUT2D eigenvalue weighted by Gasteiger charge is -2.42. The van der Waals surface area contributed by atoms with E-state index < -0.39 is 0 Å². The predicted octanol–water partition coefficient (Wildman–Crippen LogP) is 3.50. The second kappa shape index (κ2) is 10.3. The van der Waals surface area contributed by atoms with Crippen LogP contribution in [-0.4, -0.2) is 57.8 Å². The monoisotopic (exact) mass is 386 g/mol. The smallest absolute Gasteiger partial charge is 0.191 e. The molecule has 0 bridgehead atoms. The third-order valence-electron chi connectivity index (χ3n) is 6.61. The first-order valence-corrected chi connectivity index (χ1v) is 10.9. The topological polar surface area (TPSA) is 48.9 Å². The van der Waals surface area contributed by atoms with Gasteiger partial charge in [-0.3, -0.25) is 9.89 Å². The Morgan fingerprint density at radius 3 is 2.43 bits per heavy atom. The highest BCUT2D eigenvalue weighted by molar-refractivity contribution is 5.79. The molecule has 2 fully saturated rings. The van der Waals surface area contributed by atoms with Crippen molar-refractivity contribution in [2.24, 2.45) is 10.4 Å². The van der Waals surface area contributed by atoms with Gasteiger partial charge >= 0.3 is 0 Å². The van der Waals surface area contributed by atoms with Crippen molar-refractivity contribution in [3.8, 4) is 0 Å². The molecule has 2 aliphatic rings. The first-order chi connectivity index (χ1) is 13.7. The van der Waals surface area contributed by atoms with Crippen LogP contribution < -0.4 is 10.6 Å². The van der Waals surface area contributed by atoms with Gasteiger partial charge in [-0.05, 0) is 63.1 Å². The summed E-state index contributed by atoms with van der Waals surface area (Å²) in [6.45, 7) is 7.23. The zero-order chi connectivity index (χ0) is 19.8. The van der Waals surface area contributed by atoms with Gasteiger partial charge in [-0.1, -0.05) is 36.2 Å². The third kappa shape index (κ3) is 5.48. The molecule has 5 heteroatoms. The Balaban J connectivity index is 1.57. The molecule has 0 spiro atoms. The maximum atomic E-state index is 5.32. The van der Waals surface area contributed by atoms with Crippen LogP contribution >= 0.6 is 0 Å². The summed E-state index contributed by atoms with van der Waals surface area (Å²) in [4.78, 5) is 7.09. The van der Waals surface area contributed by atoms with Crippen molar-refractivity contribution in [3.63, 3.8) is 0 Å². The summed E-state index contributed by atoms with van der Waals surface area (Å²) in [7, 11) is 3.67. The fraction of sp³-hybridized carbons (Fsp3) is 0.696. The minimum Gasteiger partial charge on any atom is -0.385 e. The minimum atomic E-state index is 0.388. The fourth-order valence-corrected chi connectivity index (χ4v) is 4.50. The molecule has 1 aliphatic carbocycles. The molecule has 2 N–H and O–H groups in total. The Hall–Kier alpha value is -1.59. The van der Waals surface area contributed by atoms with E-state index in [9.17, 15) is 0 Å². The lowest BCUT2D eigenvalue weighted by atomic mass is 9.67. The number of aliphatic imine (C=N–C) groups is 1. The molecule has 0 radical (unpaired) electrons. The molecular formula is C23H38N4O. The van der Waals surface area contributed by atoms with Gasteiger partial charge in [-0.25, -0.2) is 0 Å². The van der Waals surface area contributed by atoms with E-state index in [4.69, 9.17) is 4.74 Å². The molecule has 1 atom stereocenters.